The number of para-hydroxylation sites is 2. The van der Waals surface area contributed by atoms with E-state index in [1.165, 1.54) is 36.7 Å². The van der Waals surface area contributed by atoms with E-state index < -0.39 is 16.7 Å². The zero-order valence-corrected chi connectivity index (χ0v) is 15.4. The second-order valence-corrected chi connectivity index (χ2v) is 6.59. The van der Waals surface area contributed by atoms with Crippen LogP contribution in [0.15, 0.2) is 48.5 Å². The lowest BCUT2D eigenvalue weighted by atomic mass is 10.1. The molecule has 28 heavy (non-hydrogen) atoms. The first-order chi connectivity index (χ1) is 13.5. The standard InChI is InChI=1S/C20H22N4O4/c25-19(20(26)22-17-5-1-2-6-18(17)24(27)28)21-12-11-15-7-9-16(10-8-15)23-13-3-4-14-23/h1-2,5-10H,3-4,11-14H2,(H,21,25)(H,22,26). The van der Waals surface area contributed by atoms with Crippen molar-refractivity contribution in [1.82, 2.24) is 5.32 Å². The fraction of sp³-hybridized carbons (Fsp3) is 0.300. The molecule has 2 N–H and O–H groups in total. The summed E-state index contributed by atoms with van der Waals surface area (Å²) in [5.41, 5.74) is 1.99. The molecule has 1 saturated heterocycles. The van der Waals surface area contributed by atoms with Gasteiger partial charge in [0.25, 0.3) is 5.69 Å². The number of nitrogens with zero attached hydrogens (tertiary/aromatic N) is 2. The predicted octanol–water partition coefficient (Wildman–Crippen LogP) is 2.49. The van der Waals surface area contributed by atoms with E-state index in [1.807, 2.05) is 12.1 Å². The number of rotatable bonds is 6. The van der Waals surface area contributed by atoms with Gasteiger partial charge in [-0.15, -0.1) is 0 Å². The molecule has 8 nitrogen and oxygen atoms in total. The minimum atomic E-state index is -0.932. The molecule has 1 heterocycles. The van der Waals surface area contributed by atoms with Crippen molar-refractivity contribution in [3.8, 4) is 0 Å². The first-order valence-corrected chi connectivity index (χ1v) is 9.21. The molecule has 2 amide bonds. The van der Waals surface area contributed by atoms with Crippen LogP contribution in [0.5, 0.6) is 0 Å². The average molecular weight is 382 g/mol. The zero-order chi connectivity index (χ0) is 19.9. The minimum absolute atomic E-state index is 0.00912. The van der Waals surface area contributed by atoms with Gasteiger partial charge < -0.3 is 15.5 Å². The number of nitro benzene ring substituents is 1. The maximum absolute atomic E-state index is 12.0. The van der Waals surface area contributed by atoms with E-state index in [2.05, 4.69) is 27.7 Å². The zero-order valence-electron chi connectivity index (χ0n) is 15.4. The highest BCUT2D eigenvalue weighted by atomic mass is 16.6. The van der Waals surface area contributed by atoms with Crippen LogP contribution in [0.1, 0.15) is 18.4 Å². The van der Waals surface area contributed by atoms with Gasteiger partial charge in [0.15, 0.2) is 0 Å². The highest BCUT2D eigenvalue weighted by molar-refractivity contribution is 6.39. The van der Waals surface area contributed by atoms with Crippen molar-refractivity contribution < 1.29 is 14.5 Å². The summed E-state index contributed by atoms with van der Waals surface area (Å²) in [6, 6.07) is 13.9. The number of anilines is 2. The molecule has 0 unspecified atom stereocenters. The van der Waals surface area contributed by atoms with Crippen molar-refractivity contribution in [3.63, 3.8) is 0 Å². The normalized spacial score (nSPS) is 13.2. The maximum Gasteiger partial charge on any atom is 0.313 e. The number of hydrogen-bond donors (Lipinski definition) is 2. The number of benzene rings is 2. The van der Waals surface area contributed by atoms with E-state index in [0.29, 0.717) is 13.0 Å². The Kier molecular flexibility index (Phi) is 6.21. The topological polar surface area (TPSA) is 105 Å². The van der Waals surface area contributed by atoms with Gasteiger partial charge in [-0.3, -0.25) is 19.7 Å². The van der Waals surface area contributed by atoms with Crippen molar-refractivity contribution in [1.29, 1.82) is 0 Å². The van der Waals surface area contributed by atoms with Gasteiger partial charge in [-0.05, 0) is 43.0 Å². The molecule has 8 heteroatoms. The molecule has 3 rings (SSSR count). The monoisotopic (exact) mass is 382 g/mol. The van der Waals surface area contributed by atoms with Crippen LogP contribution in [0.3, 0.4) is 0 Å². The second-order valence-electron chi connectivity index (χ2n) is 6.59. The highest BCUT2D eigenvalue weighted by Crippen LogP contribution is 2.23. The fourth-order valence-corrected chi connectivity index (χ4v) is 3.17. The van der Waals surface area contributed by atoms with Crippen molar-refractivity contribution in [3.05, 3.63) is 64.2 Å². The van der Waals surface area contributed by atoms with Crippen molar-refractivity contribution in [2.75, 3.05) is 29.9 Å². The third-order valence-corrected chi connectivity index (χ3v) is 4.66. The Hall–Kier alpha value is -3.42. The number of carbonyl (C=O) groups is 2. The molecule has 146 valence electrons. The summed E-state index contributed by atoms with van der Waals surface area (Å²) in [4.78, 5) is 36.6. The fourth-order valence-electron chi connectivity index (χ4n) is 3.17. The molecule has 1 fully saturated rings. The van der Waals surface area contributed by atoms with Crippen LogP contribution in [0.2, 0.25) is 0 Å². The van der Waals surface area contributed by atoms with E-state index in [1.54, 1.807) is 6.07 Å². The van der Waals surface area contributed by atoms with Crippen molar-refractivity contribution in [2.24, 2.45) is 0 Å². The van der Waals surface area contributed by atoms with E-state index in [9.17, 15) is 19.7 Å². The SMILES string of the molecule is O=C(NCCc1ccc(N2CCCC2)cc1)C(=O)Nc1ccccc1[N+](=O)[O-]. The van der Waals surface area contributed by atoms with Crippen LogP contribution in [0.4, 0.5) is 17.1 Å². The summed E-state index contributed by atoms with van der Waals surface area (Å²) in [6.07, 6.45) is 3.04. The van der Waals surface area contributed by atoms with Crippen LogP contribution in [-0.2, 0) is 16.0 Å². The lowest BCUT2D eigenvalue weighted by Crippen LogP contribution is -2.36. The third kappa shape index (κ3) is 4.85. The van der Waals surface area contributed by atoms with Gasteiger partial charge in [-0.2, -0.15) is 0 Å². The van der Waals surface area contributed by atoms with E-state index in [0.717, 1.165) is 18.7 Å². The lowest BCUT2D eigenvalue weighted by molar-refractivity contribution is -0.383. The Balaban J connectivity index is 1.47. The molecule has 2 aromatic rings. The van der Waals surface area contributed by atoms with Gasteiger partial charge in [-0.1, -0.05) is 24.3 Å². The highest BCUT2D eigenvalue weighted by Gasteiger charge is 2.19. The Morgan fingerprint density at radius 3 is 2.36 bits per heavy atom. The molecule has 2 aromatic carbocycles. The lowest BCUT2D eigenvalue weighted by Gasteiger charge is -2.17. The van der Waals surface area contributed by atoms with Gasteiger partial charge in [0.05, 0.1) is 4.92 Å². The molecule has 0 atom stereocenters. The van der Waals surface area contributed by atoms with Crippen LogP contribution in [0.25, 0.3) is 0 Å². The second kappa shape index (κ2) is 8.98. The summed E-state index contributed by atoms with van der Waals surface area (Å²) < 4.78 is 0. The van der Waals surface area contributed by atoms with Gasteiger partial charge >= 0.3 is 11.8 Å². The predicted molar refractivity (Wildman–Crippen MR) is 106 cm³/mol. The molecule has 0 saturated carbocycles. The summed E-state index contributed by atoms with van der Waals surface area (Å²) in [5.74, 6) is -1.76. The first kappa shape index (κ1) is 19.3. The number of nitrogens with one attached hydrogen (secondary N) is 2. The van der Waals surface area contributed by atoms with Crippen LogP contribution in [-0.4, -0.2) is 36.4 Å². The van der Waals surface area contributed by atoms with Crippen molar-refractivity contribution in [2.45, 2.75) is 19.3 Å². The summed E-state index contributed by atoms with van der Waals surface area (Å²) in [6.45, 7) is 2.47. The molecule has 0 aliphatic carbocycles. The molecule has 0 aromatic heterocycles. The molecule has 0 bridgehead atoms. The Bertz CT molecular complexity index is 861. The van der Waals surface area contributed by atoms with Crippen molar-refractivity contribution >= 4 is 28.9 Å². The molecular formula is C20H22N4O4. The maximum atomic E-state index is 12.0. The molecular weight excluding hydrogens is 360 g/mol. The van der Waals surface area contributed by atoms with Gasteiger partial charge in [0, 0.05) is 31.4 Å². The minimum Gasteiger partial charge on any atom is -0.372 e. The van der Waals surface area contributed by atoms with Gasteiger partial charge in [0.1, 0.15) is 5.69 Å². The number of hydrogen-bond acceptors (Lipinski definition) is 5. The summed E-state index contributed by atoms with van der Waals surface area (Å²) in [5, 5.41) is 15.8. The smallest absolute Gasteiger partial charge is 0.313 e. The van der Waals surface area contributed by atoms with Gasteiger partial charge in [-0.25, -0.2) is 0 Å². The number of carbonyl (C=O) groups excluding carboxylic acids is 2. The summed E-state index contributed by atoms with van der Waals surface area (Å²) >= 11 is 0. The van der Waals surface area contributed by atoms with Crippen LogP contribution in [0, 0.1) is 10.1 Å². The molecule has 0 radical (unpaired) electrons. The third-order valence-electron chi connectivity index (χ3n) is 4.66. The number of amides is 2. The van der Waals surface area contributed by atoms with E-state index >= 15 is 0 Å². The number of nitro groups is 1. The van der Waals surface area contributed by atoms with Crippen LogP contribution < -0.4 is 15.5 Å². The Morgan fingerprint density at radius 2 is 1.68 bits per heavy atom. The molecule has 0 spiro atoms. The molecule has 1 aliphatic heterocycles. The van der Waals surface area contributed by atoms with E-state index in [-0.39, 0.29) is 11.4 Å². The molecule has 1 aliphatic rings. The van der Waals surface area contributed by atoms with E-state index in [4.69, 9.17) is 0 Å². The Labute approximate surface area is 162 Å². The Morgan fingerprint density at radius 1 is 1.00 bits per heavy atom. The quantitative estimate of drug-likeness (QED) is 0.454. The first-order valence-electron chi connectivity index (χ1n) is 9.21. The van der Waals surface area contributed by atoms with Gasteiger partial charge in [0.2, 0.25) is 0 Å². The largest absolute Gasteiger partial charge is 0.372 e. The average Bonchev–Trinajstić information content (AvgIpc) is 3.23. The summed E-state index contributed by atoms with van der Waals surface area (Å²) in [7, 11) is 0. The van der Waals surface area contributed by atoms with Crippen LogP contribution >= 0.6 is 0 Å².